The molecule has 0 aliphatic rings. The van der Waals surface area contributed by atoms with E-state index < -0.39 is 0 Å². The summed E-state index contributed by atoms with van der Waals surface area (Å²) in [6, 6.07) is 6.58. The lowest BCUT2D eigenvalue weighted by Gasteiger charge is -2.23. The zero-order valence-electron chi connectivity index (χ0n) is 11.5. The van der Waals surface area contributed by atoms with Crippen LogP contribution in [-0.4, -0.2) is 20.9 Å². The highest BCUT2D eigenvalue weighted by Gasteiger charge is 2.18. The molecule has 0 saturated heterocycles. The van der Waals surface area contributed by atoms with Crippen LogP contribution in [0.1, 0.15) is 6.92 Å². The summed E-state index contributed by atoms with van der Waals surface area (Å²) in [4.78, 5) is 10.5. The van der Waals surface area contributed by atoms with Crippen LogP contribution in [0.5, 0.6) is 0 Å². The number of hydrogen-bond donors (Lipinski definition) is 2. The van der Waals surface area contributed by atoms with E-state index in [1.54, 1.807) is 46.1 Å². The molecule has 108 valence electrons. The molecule has 0 fully saturated rings. The number of rotatable bonds is 4. The highest BCUT2D eigenvalue weighted by Crippen LogP contribution is 2.29. The molecule has 1 aromatic carbocycles. The quantitative estimate of drug-likeness (QED) is 0.569. The van der Waals surface area contributed by atoms with Crippen molar-refractivity contribution in [2.45, 2.75) is 6.92 Å². The third-order valence-corrected chi connectivity index (χ3v) is 3.22. The molecule has 0 aliphatic carbocycles. The Balaban J connectivity index is 2.21. The Morgan fingerprint density at radius 3 is 2.90 bits per heavy atom. The standard InChI is InChI=1S/C14H15FN6/c1-2-21(11-6-4-3-5-10(11)15)14-13-17-7-8-20(13)9-12(18-14)19-16/h3-9,19H,2,16H2,1H3. The number of aromatic nitrogens is 3. The van der Waals surface area contributed by atoms with Gasteiger partial charge in [-0.05, 0) is 19.1 Å². The number of nitrogens with two attached hydrogens (primary N) is 1. The van der Waals surface area contributed by atoms with Crippen LogP contribution in [0.4, 0.5) is 21.7 Å². The number of nitrogen functional groups attached to an aromatic ring is 1. The number of hydrogen-bond acceptors (Lipinski definition) is 5. The number of para-hydroxylation sites is 1. The zero-order chi connectivity index (χ0) is 14.8. The molecule has 0 bridgehead atoms. The average molecular weight is 286 g/mol. The number of halogens is 1. The lowest BCUT2D eigenvalue weighted by Crippen LogP contribution is -2.21. The summed E-state index contributed by atoms with van der Waals surface area (Å²) < 4.78 is 15.9. The largest absolute Gasteiger partial charge is 0.321 e. The van der Waals surface area contributed by atoms with Crippen LogP contribution >= 0.6 is 0 Å². The maximum Gasteiger partial charge on any atom is 0.180 e. The summed E-state index contributed by atoms with van der Waals surface area (Å²) in [7, 11) is 0. The van der Waals surface area contributed by atoms with Gasteiger partial charge in [-0.25, -0.2) is 20.2 Å². The highest BCUT2D eigenvalue weighted by molar-refractivity contribution is 5.74. The summed E-state index contributed by atoms with van der Waals surface area (Å²) in [5.41, 5.74) is 3.60. The van der Waals surface area contributed by atoms with Crippen molar-refractivity contribution in [2.75, 3.05) is 16.9 Å². The van der Waals surface area contributed by atoms with Crippen LogP contribution in [0.3, 0.4) is 0 Å². The van der Waals surface area contributed by atoms with Crippen LogP contribution in [0.25, 0.3) is 5.65 Å². The van der Waals surface area contributed by atoms with Crippen molar-refractivity contribution in [3.05, 3.63) is 48.7 Å². The van der Waals surface area contributed by atoms with Gasteiger partial charge in [-0.2, -0.15) is 0 Å². The number of hydrazine groups is 1. The Kier molecular flexibility index (Phi) is 3.41. The van der Waals surface area contributed by atoms with Gasteiger partial charge >= 0.3 is 0 Å². The molecule has 0 spiro atoms. The van der Waals surface area contributed by atoms with E-state index in [1.165, 1.54) is 6.07 Å². The van der Waals surface area contributed by atoms with Gasteiger partial charge in [0.25, 0.3) is 0 Å². The predicted octanol–water partition coefficient (Wildman–Crippen LogP) is 2.31. The van der Waals surface area contributed by atoms with Gasteiger partial charge in [0.1, 0.15) is 5.82 Å². The Hall–Kier alpha value is -2.67. The summed E-state index contributed by atoms with van der Waals surface area (Å²) in [6.45, 7) is 2.47. The Labute approximate surface area is 121 Å². The van der Waals surface area contributed by atoms with Crippen LogP contribution in [-0.2, 0) is 0 Å². The molecule has 0 aliphatic heterocycles. The van der Waals surface area contributed by atoms with Gasteiger partial charge in [0.2, 0.25) is 0 Å². The summed E-state index contributed by atoms with van der Waals surface area (Å²) >= 11 is 0. The predicted molar refractivity (Wildman–Crippen MR) is 79.9 cm³/mol. The molecule has 2 heterocycles. The van der Waals surface area contributed by atoms with Crippen molar-refractivity contribution >= 4 is 23.0 Å². The van der Waals surface area contributed by atoms with E-state index in [0.717, 1.165) is 0 Å². The van der Waals surface area contributed by atoms with E-state index in [1.807, 2.05) is 6.92 Å². The van der Waals surface area contributed by atoms with Crippen LogP contribution in [0.15, 0.2) is 42.9 Å². The maximum absolute atomic E-state index is 14.1. The Morgan fingerprint density at radius 1 is 1.38 bits per heavy atom. The minimum Gasteiger partial charge on any atom is -0.321 e. The molecule has 0 saturated carbocycles. The van der Waals surface area contributed by atoms with E-state index >= 15 is 0 Å². The molecule has 3 N–H and O–H groups in total. The first-order valence-corrected chi connectivity index (χ1v) is 6.57. The second-order valence-corrected chi connectivity index (χ2v) is 4.45. The summed E-state index contributed by atoms with van der Waals surface area (Å²) in [5, 5.41) is 0. The van der Waals surface area contributed by atoms with Crippen molar-refractivity contribution in [1.82, 2.24) is 14.4 Å². The smallest absolute Gasteiger partial charge is 0.180 e. The fourth-order valence-electron chi connectivity index (χ4n) is 2.27. The molecule has 6 nitrogen and oxygen atoms in total. The minimum absolute atomic E-state index is 0.308. The number of anilines is 3. The molecule has 0 atom stereocenters. The number of nitrogens with one attached hydrogen (secondary N) is 1. The summed E-state index contributed by atoms with van der Waals surface area (Å²) in [5.74, 6) is 6.16. The van der Waals surface area contributed by atoms with E-state index in [-0.39, 0.29) is 5.82 Å². The second-order valence-electron chi connectivity index (χ2n) is 4.45. The maximum atomic E-state index is 14.1. The third-order valence-electron chi connectivity index (χ3n) is 3.22. The number of benzene rings is 1. The molecule has 21 heavy (non-hydrogen) atoms. The van der Waals surface area contributed by atoms with Crippen LogP contribution in [0, 0.1) is 5.82 Å². The molecular weight excluding hydrogens is 271 g/mol. The molecule has 3 aromatic rings. The molecular formula is C14H15FN6. The molecule has 0 radical (unpaired) electrons. The van der Waals surface area contributed by atoms with E-state index in [4.69, 9.17) is 5.84 Å². The second kappa shape index (κ2) is 5.37. The van der Waals surface area contributed by atoms with Gasteiger partial charge in [-0.1, -0.05) is 12.1 Å². The average Bonchev–Trinajstić information content (AvgIpc) is 2.98. The molecule has 0 amide bonds. The van der Waals surface area contributed by atoms with E-state index in [2.05, 4.69) is 15.4 Å². The fraction of sp³-hybridized carbons (Fsp3) is 0.143. The van der Waals surface area contributed by atoms with Gasteiger partial charge in [0.15, 0.2) is 17.3 Å². The van der Waals surface area contributed by atoms with Gasteiger partial charge in [-0.15, -0.1) is 0 Å². The number of imidazole rings is 1. The third kappa shape index (κ3) is 2.27. The van der Waals surface area contributed by atoms with Gasteiger partial charge in [0, 0.05) is 18.9 Å². The monoisotopic (exact) mass is 286 g/mol. The molecule has 7 heteroatoms. The number of nitrogens with zero attached hydrogens (tertiary/aromatic N) is 4. The summed E-state index contributed by atoms with van der Waals surface area (Å²) in [6.07, 6.45) is 5.17. The first-order valence-electron chi connectivity index (χ1n) is 6.57. The molecule has 2 aromatic heterocycles. The van der Waals surface area contributed by atoms with Crippen molar-refractivity contribution in [3.8, 4) is 0 Å². The van der Waals surface area contributed by atoms with Crippen molar-refractivity contribution < 1.29 is 4.39 Å². The van der Waals surface area contributed by atoms with Gasteiger partial charge in [-0.3, -0.25) is 0 Å². The fourth-order valence-corrected chi connectivity index (χ4v) is 2.27. The zero-order valence-corrected chi connectivity index (χ0v) is 11.5. The van der Waals surface area contributed by atoms with Gasteiger partial charge < -0.3 is 14.7 Å². The minimum atomic E-state index is -0.308. The molecule has 3 rings (SSSR count). The van der Waals surface area contributed by atoms with Crippen LogP contribution in [0.2, 0.25) is 0 Å². The van der Waals surface area contributed by atoms with Crippen molar-refractivity contribution in [3.63, 3.8) is 0 Å². The first-order chi connectivity index (χ1) is 10.2. The lowest BCUT2D eigenvalue weighted by atomic mass is 10.2. The molecule has 0 unspecified atom stereocenters. The van der Waals surface area contributed by atoms with Gasteiger partial charge in [0.05, 0.1) is 11.9 Å². The normalized spacial score (nSPS) is 10.8. The van der Waals surface area contributed by atoms with E-state index in [9.17, 15) is 4.39 Å². The highest BCUT2D eigenvalue weighted by atomic mass is 19.1. The van der Waals surface area contributed by atoms with E-state index in [0.29, 0.717) is 29.5 Å². The first kappa shape index (κ1) is 13.3. The SMILES string of the molecule is CCN(c1ccccc1F)c1nc(NN)cn2ccnc12. The van der Waals surface area contributed by atoms with Crippen LogP contribution < -0.4 is 16.2 Å². The Bertz CT molecular complexity index is 769. The Morgan fingerprint density at radius 2 is 2.19 bits per heavy atom. The van der Waals surface area contributed by atoms with Crippen molar-refractivity contribution in [2.24, 2.45) is 5.84 Å². The topological polar surface area (TPSA) is 71.5 Å². The van der Waals surface area contributed by atoms with Crippen molar-refractivity contribution in [1.29, 1.82) is 0 Å². The lowest BCUT2D eigenvalue weighted by molar-refractivity contribution is 0.625. The number of fused-ring (bicyclic) bond motifs is 1.